The summed E-state index contributed by atoms with van der Waals surface area (Å²) >= 11 is 0. The maximum absolute atomic E-state index is 12.2. The Morgan fingerprint density at radius 2 is 1.95 bits per heavy atom. The number of aliphatic hydroxyl groups is 1. The molecule has 0 aliphatic heterocycles. The van der Waals surface area contributed by atoms with Gasteiger partial charge in [-0.3, -0.25) is 10.1 Å². The highest BCUT2D eigenvalue weighted by molar-refractivity contribution is 7.89. The van der Waals surface area contributed by atoms with E-state index in [0.717, 1.165) is 31.0 Å². The summed E-state index contributed by atoms with van der Waals surface area (Å²) in [5.41, 5.74) is -0.679. The molecule has 9 heteroatoms. The van der Waals surface area contributed by atoms with Crippen LogP contribution in [0.2, 0.25) is 0 Å². The van der Waals surface area contributed by atoms with Gasteiger partial charge in [0, 0.05) is 12.1 Å². The van der Waals surface area contributed by atoms with Crippen LogP contribution >= 0.6 is 0 Å². The second kappa shape index (κ2) is 5.96. The minimum atomic E-state index is -3.99. The molecule has 8 nitrogen and oxygen atoms in total. The summed E-state index contributed by atoms with van der Waals surface area (Å²) in [6.07, 6.45) is 1.91. The molecule has 0 saturated heterocycles. The number of nitrogens with one attached hydrogen (secondary N) is 1. The Labute approximate surface area is 121 Å². The highest BCUT2D eigenvalue weighted by atomic mass is 32.2. The number of nitro groups is 1. The van der Waals surface area contributed by atoms with Crippen molar-refractivity contribution in [2.45, 2.75) is 42.7 Å². The molecule has 0 bridgehead atoms. The highest BCUT2D eigenvalue weighted by Crippen LogP contribution is 2.29. The zero-order valence-electron chi connectivity index (χ0n) is 11.1. The molecule has 0 spiro atoms. The smallest absolute Gasteiger partial charge is 0.312 e. The first kappa shape index (κ1) is 15.7. The molecular weight excluding hydrogens is 300 g/mol. The van der Waals surface area contributed by atoms with Gasteiger partial charge in [-0.05, 0) is 25.0 Å². The number of hydrogen-bond acceptors (Lipinski definition) is 6. The average molecular weight is 316 g/mol. The molecule has 1 saturated carbocycles. The number of benzene rings is 1. The number of hydrogen-bond donors (Lipinski definition) is 3. The van der Waals surface area contributed by atoms with E-state index < -0.39 is 38.5 Å². The molecule has 0 heterocycles. The van der Waals surface area contributed by atoms with Gasteiger partial charge in [0.2, 0.25) is 10.0 Å². The predicted molar refractivity (Wildman–Crippen MR) is 73.3 cm³/mol. The molecule has 2 rings (SSSR count). The molecule has 21 heavy (non-hydrogen) atoms. The maximum atomic E-state index is 12.2. The molecule has 0 amide bonds. The molecule has 1 aliphatic rings. The lowest BCUT2D eigenvalue weighted by Crippen LogP contribution is -2.44. The summed E-state index contributed by atoms with van der Waals surface area (Å²) in [4.78, 5) is 9.56. The van der Waals surface area contributed by atoms with Gasteiger partial charge in [0.25, 0.3) is 0 Å². The number of phenols is 1. The van der Waals surface area contributed by atoms with Crippen molar-refractivity contribution in [3.05, 3.63) is 28.3 Å². The van der Waals surface area contributed by atoms with Crippen LogP contribution in [0.4, 0.5) is 5.69 Å². The van der Waals surface area contributed by atoms with Crippen molar-refractivity contribution in [1.82, 2.24) is 4.72 Å². The molecule has 1 fully saturated rings. The molecule has 3 N–H and O–H groups in total. The number of phenolic OH excluding ortho intramolecular Hbond substituents is 1. The van der Waals surface area contributed by atoms with Gasteiger partial charge in [-0.25, -0.2) is 13.1 Å². The quantitative estimate of drug-likeness (QED) is 0.558. The van der Waals surface area contributed by atoms with Gasteiger partial charge in [-0.2, -0.15) is 0 Å². The first-order valence-electron chi connectivity index (χ1n) is 6.49. The Hall–Kier alpha value is -1.71. The molecule has 116 valence electrons. The zero-order valence-corrected chi connectivity index (χ0v) is 11.9. The fraction of sp³-hybridized carbons (Fsp3) is 0.500. The summed E-state index contributed by atoms with van der Waals surface area (Å²) in [6, 6.07) is 2.24. The number of aromatic hydroxyl groups is 1. The van der Waals surface area contributed by atoms with Crippen molar-refractivity contribution >= 4 is 15.7 Å². The monoisotopic (exact) mass is 316 g/mol. The lowest BCUT2D eigenvalue weighted by molar-refractivity contribution is -0.386. The molecule has 1 aliphatic carbocycles. The van der Waals surface area contributed by atoms with Gasteiger partial charge < -0.3 is 10.2 Å². The first-order chi connectivity index (χ1) is 9.81. The van der Waals surface area contributed by atoms with Crippen LogP contribution in [0.1, 0.15) is 25.7 Å². The van der Waals surface area contributed by atoms with Crippen LogP contribution in [-0.4, -0.2) is 35.7 Å². The fourth-order valence-electron chi connectivity index (χ4n) is 2.33. The largest absolute Gasteiger partial charge is 0.502 e. The van der Waals surface area contributed by atoms with Crippen LogP contribution in [0.25, 0.3) is 0 Å². The van der Waals surface area contributed by atoms with Gasteiger partial charge in [0.1, 0.15) is 0 Å². The van der Waals surface area contributed by atoms with Gasteiger partial charge in [0.15, 0.2) is 5.75 Å². The Balaban J connectivity index is 2.27. The van der Waals surface area contributed by atoms with Gasteiger partial charge in [0.05, 0.1) is 15.9 Å². The van der Waals surface area contributed by atoms with E-state index in [0.29, 0.717) is 12.8 Å². The van der Waals surface area contributed by atoms with Crippen molar-refractivity contribution in [1.29, 1.82) is 0 Å². The predicted octanol–water partition coefficient (Wildman–Crippen LogP) is 0.882. The third-order valence-electron chi connectivity index (χ3n) is 3.49. The Morgan fingerprint density at radius 3 is 2.57 bits per heavy atom. The third-order valence-corrected chi connectivity index (χ3v) is 4.98. The number of aliphatic hydroxyl groups excluding tert-OH is 1. The summed E-state index contributed by atoms with van der Waals surface area (Å²) in [5.74, 6) is -0.600. The topological polar surface area (TPSA) is 130 Å². The Bertz CT molecular complexity index is 645. The van der Waals surface area contributed by atoms with Crippen LogP contribution in [0.3, 0.4) is 0 Å². The van der Waals surface area contributed by atoms with E-state index >= 15 is 0 Å². The maximum Gasteiger partial charge on any atom is 0.312 e. The summed E-state index contributed by atoms with van der Waals surface area (Å²) < 4.78 is 26.8. The van der Waals surface area contributed by atoms with Crippen molar-refractivity contribution in [3.63, 3.8) is 0 Å². The molecule has 1 aromatic carbocycles. The normalized spacial score (nSPS) is 22.9. The van der Waals surface area contributed by atoms with E-state index in [2.05, 4.69) is 4.72 Å². The number of rotatable bonds is 4. The first-order valence-corrected chi connectivity index (χ1v) is 7.97. The number of nitrogens with zero attached hydrogens (tertiary/aromatic N) is 1. The fourth-order valence-corrected chi connectivity index (χ4v) is 3.66. The van der Waals surface area contributed by atoms with Crippen LogP contribution < -0.4 is 4.72 Å². The molecule has 2 atom stereocenters. The minimum Gasteiger partial charge on any atom is -0.502 e. The lowest BCUT2D eigenvalue weighted by Gasteiger charge is -2.28. The Kier molecular flexibility index (Phi) is 4.45. The highest BCUT2D eigenvalue weighted by Gasteiger charge is 2.29. The molecule has 1 aromatic rings. The van der Waals surface area contributed by atoms with Crippen molar-refractivity contribution in [2.24, 2.45) is 0 Å². The minimum absolute atomic E-state index is 0.315. The SMILES string of the molecule is O=[N+]([O-])c1cc(S(=O)(=O)N[C@@H]2CCCC[C@H]2O)ccc1O. The Morgan fingerprint density at radius 1 is 1.29 bits per heavy atom. The van der Waals surface area contributed by atoms with E-state index in [9.17, 15) is 28.7 Å². The number of nitro benzene ring substituents is 1. The van der Waals surface area contributed by atoms with E-state index in [1.54, 1.807) is 0 Å². The average Bonchev–Trinajstić information content (AvgIpc) is 2.41. The second-order valence-corrected chi connectivity index (χ2v) is 6.70. The van der Waals surface area contributed by atoms with E-state index in [-0.39, 0.29) is 4.90 Å². The van der Waals surface area contributed by atoms with E-state index in [1.165, 1.54) is 0 Å². The molecule has 0 radical (unpaired) electrons. The summed E-state index contributed by atoms with van der Waals surface area (Å²) in [6.45, 7) is 0. The van der Waals surface area contributed by atoms with Crippen LogP contribution in [0.5, 0.6) is 5.75 Å². The van der Waals surface area contributed by atoms with Crippen LogP contribution in [0, 0.1) is 10.1 Å². The van der Waals surface area contributed by atoms with Crippen molar-refractivity contribution in [3.8, 4) is 5.75 Å². The summed E-state index contributed by atoms with van der Waals surface area (Å²) in [7, 11) is -3.99. The summed E-state index contributed by atoms with van der Waals surface area (Å²) in [5, 5.41) is 29.9. The number of sulfonamides is 1. The molecular formula is C12H16N2O6S. The molecule has 0 aromatic heterocycles. The van der Waals surface area contributed by atoms with E-state index in [1.807, 2.05) is 0 Å². The van der Waals surface area contributed by atoms with E-state index in [4.69, 9.17) is 0 Å². The van der Waals surface area contributed by atoms with Crippen molar-refractivity contribution in [2.75, 3.05) is 0 Å². The van der Waals surface area contributed by atoms with Gasteiger partial charge >= 0.3 is 5.69 Å². The van der Waals surface area contributed by atoms with Gasteiger partial charge in [-0.1, -0.05) is 12.8 Å². The lowest BCUT2D eigenvalue weighted by atomic mass is 9.93. The van der Waals surface area contributed by atoms with Gasteiger partial charge in [-0.15, -0.1) is 0 Å². The second-order valence-electron chi connectivity index (χ2n) is 4.99. The third kappa shape index (κ3) is 3.49. The molecule has 0 unspecified atom stereocenters. The van der Waals surface area contributed by atoms with Crippen molar-refractivity contribution < 1.29 is 23.6 Å². The zero-order chi connectivity index (χ0) is 15.6. The van der Waals surface area contributed by atoms with Crippen LogP contribution in [0.15, 0.2) is 23.1 Å². The van der Waals surface area contributed by atoms with Crippen LogP contribution in [-0.2, 0) is 10.0 Å². The standard InChI is InChI=1S/C12H16N2O6S/c15-11-4-2-1-3-9(11)13-21(19,20)8-5-6-12(16)10(7-8)14(17)18/h5-7,9,11,13,15-16H,1-4H2/t9-,11-/m1/s1.